The van der Waals surface area contributed by atoms with Crippen LogP contribution < -0.4 is 5.32 Å². The van der Waals surface area contributed by atoms with Crippen molar-refractivity contribution in [2.45, 2.75) is 38.9 Å². The lowest BCUT2D eigenvalue weighted by Gasteiger charge is -2.23. The highest BCUT2D eigenvalue weighted by atomic mass is 19.4. The van der Waals surface area contributed by atoms with Crippen molar-refractivity contribution in [3.63, 3.8) is 0 Å². The summed E-state index contributed by atoms with van der Waals surface area (Å²) in [5.41, 5.74) is 1.33. The van der Waals surface area contributed by atoms with Crippen LogP contribution in [0.15, 0.2) is 18.3 Å². The fraction of sp³-hybridized carbons (Fsp3) is 0.500. The first-order chi connectivity index (χ1) is 12.7. The number of alkyl halides is 3. The van der Waals surface area contributed by atoms with Gasteiger partial charge in [0.2, 0.25) is 5.91 Å². The molecule has 146 valence electrons. The number of hydrogen-bond acceptors (Lipinski definition) is 4. The first kappa shape index (κ1) is 19.3. The SMILES string of the molecule is Cc1nn(-c2ccc(C(F)(F)F)cn2)c(C)c1CC(=O)N(C)[C@H]1CCNC1. The molecule has 0 unspecified atom stereocenters. The number of amides is 1. The van der Waals surface area contributed by atoms with Gasteiger partial charge in [0.15, 0.2) is 5.82 Å². The Hall–Kier alpha value is -2.42. The van der Waals surface area contributed by atoms with Gasteiger partial charge in [-0.2, -0.15) is 18.3 Å². The van der Waals surface area contributed by atoms with Crippen LogP contribution in [0.4, 0.5) is 13.2 Å². The maximum Gasteiger partial charge on any atom is 0.417 e. The zero-order valence-electron chi connectivity index (χ0n) is 15.5. The van der Waals surface area contributed by atoms with Gasteiger partial charge in [0.05, 0.1) is 17.7 Å². The van der Waals surface area contributed by atoms with Crippen LogP contribution in [0.2, 0.25) is 0 Å². The van der Waals surface area contributed by atoms with Crippen LogP contribution in [-0.4, -0.2) is 51.8 Å². The van der Waals surface area contributed by atoms with E-state index in [4.69, 9.17) is 0 Å². The van der Waals surface area contributed by atoms with E-state index in [1.165, 1.54) is 10.7 Å². The lowest BCUT2D eigenvalue weighted by Crippen LogP contribution is -2.39. The molecule has 1 atom stereocenters. The normalized spacial score (nSPS) is 17.3. The summed E-state index contributed by atoms with van der Waals surface area (Å²) in [5, 5.41) is 7.61. The Morgan fingerprint density at radius 3 is 2.67 bits per heavy atom. The van der Waals surface area contributed by atoms with Crippen molar-refractivity contribution in [3.8, 4) is 5.82 Å². The lowest BCUT2D eigenvalue weighted by molar-refractivity contribution is -0.137. The molecule has 1 aliphatic heterocycles. The Balaban J connectivity index is 1.81. The molecule has 1 aliphatic rings. The van der Waals surface area contributed by atoms with Crippen molar-refractivity contribution in [1.29, 1.82) is 0 Å². The molecule has 9 heteroatoms. The number of carbonyl (C=O) groups excluding carboxylic acids is 1. The summed E-state index contributed by atoms with van der Waals surface area (Å²) >= 11 is 0. The monoisotopic (exact) mass is 381 g/mol. The van der Waals surface area contributed by atoms with E-state index in [0.29, 0.717) is 11.4 Å². The molecule has 3 heterocycles. The minimum atomic E-state index is -4.43. The fourth-order valence-corrected chi connectivity index (χ4v) is 3.28. The minimum absolute atomic E-state index is 0.00479. The molecule has 0 bridgehead atoms. The molecule has 0 radical (unpaired) electrons. The molecular formula is C18H22F3N5O. The number of rotatable bonds is 4. The van der Waals surface area contributed by atoms with Crippen molar-refractivity contribution in [2.24, 2.45) is 0 Å². The molecule has 27 heavy (non-hydrogen) atoms. The molecule has 0 aromatic carbocycles. The van der Waals surface area contributed by atoms with Crippen molar-refractivity contribution in [1.82, 2.24) is 25.0 Å². The predicted octanol–water partition coefficient (Wildman–Crippen LogP) is 2.27. The molecule has 1 amide bonds. The summed E-state index contributed by atoms with van der Waals surface area (Å²) in [4.78, 5) is 18.3. The number of aryl methyl sites for hydroxylation is 1. The summed E-state index contributed by atoms with van der Waals surface area (Å²) in [7, 11) is 1.80. The van der Waals surface area contributed by atoms with E-state index >= 15 is 0 Å². The molecular weight excluding hydrogens is 359 g/mol. The number of pyridine rings is 1. The average Bonchev–Trinajstić information content (AvgIpc) is 3.24. The molecule has 2 aromatic rings. The third-order valence-corrected chi connectivity index (χ3v) is 5.04. The second kappa shape index (κ2) is 7.30. The summed E-state index contributed by atoms with van der Waals surface area (Å²) in [6.07, 6.45) is -2.52. The second-order valence-corrected chi connectivity index (χ2v) is 6.79. The summed E-state index contributed by atoms with van der Waals surface area (Å²) < 4.78 is 39.6. The molecule has 1 fully saturated rings. The van der Waals surface area contributed by atoms with E-state index in [1.807, 2.05) is 0 Å². The van der Waals surface area contributed by atoms with Gasteiger partial charge in [0.1, 0.15) is 0 Å². The van der Waals surface area contributed by atoms with Gasteiger partial charge < -0.3 is 10.2 Å². The minimum Gasteiger partial charge on any atom is -0.341 e. The van der Waals surface area contributed by atoms with E-state index in [2.05, 4.69) is 15.4 Å². The van der Waals surface area contributed by atoms with Crippen molar-refractivity contribution >= 4 is 5.91 Å². The largest absolute Gasteiger partial charge is 0.417 e. The van der Waals surface area contributed by atoms with Gasteiger partial charge in [-0.1, -0.05) is 0 Å². The number of halogens is 3. The third kappa shape index (κ3) is 3.97. The maximum absolute atomic E-state index is 12.7. The Labute approximate surface area is 155 Å². The number of carbonyl (C=O) groups is 1. The van der Waals surface area contributed by atoms with Gasteiger partial charge in [-0.25, -0.2) is 9.67 Å². The molecule has 1 saturated heterocycles. The standard InChI is InChI=1S/C18H22F3N5O/c1-11-15(8-17(27)25(3)14-6-7-22-10-14)12(2)26(24-11)16-5-4-13(9-23-16)18(19,20)21/h4-5,9,14,22H,6-8,10H2,1-3H3/t14-/m0/s1. The smallest absolute Gasteiger partial charge is 0.341 e. The first-order valence-electron chi connectivity index (χ1n) is 8.73. The second-order valence-electron chi connectivity index (χ2n) is 6.79. The van der Waals surface area contributed by atoms with Crippen LogP contribution in [0.25, 0.3) is 5.82 Å². The van der Waals surface area contributed by atoms with E-state index in [-0.39, 0.29) is 24.2 Å². The first-order valence-corrected chi connectivity index (χ1v) is 8.73. The van der Waals surface area contributed by atoms with Gasteiger partial charge in [-0.3, -0.25) is 4.79 Å². The highest BCUT2D eigenvalue weighted by Crippen LogP contribution is 2.29. The third-order valence-electron chi connectivity index (χ3n) is 5.04. The molecule has 0 saturated carbocycles. The van der Waals surface area contributed by atoms with E-state index in [9.17, 15) is 18.0 Å². The van der Waals surface area contributed by atoms with Crippen LogP contribution in [0.3, 0.4) is 0 Å². The van der Waals surface area contributed by atoms with Crippen molar-refractivity contribution < 1.29 is 18.0 Å². The van der Waals surface area contributed by atoms with Gasteiger partial charge in [0.25, 0.3) is 0 Å². The summed E-state index contributed by atoms with van der Waals surface area (Å²) in [6, 6.07) is 2.44. The van der Waals surface area contributed by atoms with Crippen molar-refractivity contribution in [2.75, 3.05) is 20.1 Å². The van der Waals surface area contributed by atoms with Crippen LogP contribution in [0, 0.1) is 13.8 Å². The molecule has 1 N–H and O–H groups in total. The maximum atomic E-state index is 12.7. The predicted molar refractivity (Wildman–Crippen MR) is 93.6 cm³/mol. The van der Waals surface area contributed by atoms with Gasteiger partial charge in [-0.15, -0.1) is 0 Å². The molecule has 0 aliphatic carbocycles. The van der Waals surface area contributed by atoms with E-state index in [1.54, 1.807) is 25.8 Å². The van der Waals surface area contributed by atoms with Crippen LogP contribution >= 0.6 is 0 Å². The quantitative estimate of drug-likeness (QED) is 0.883. The van der Waals surface area contributed by atoms with E-state index in [0.717, 1.165) is 37.3 Å². The molecule has 2 aromatic heterocycles. The summed E-state index contributed by atoms with van der Waals surface area (Å²) in [6.45, 7) is 5.26. The Morgan fingerprint density at radius 1 is 1.37 bits per heavy atom. The zero-order chi connectivity index (χ0) is 19.8. The zero-order valence-corrected chi connectivity index (χ0v) is 15.5. The molecule has 6 nitrogen and oxygen atoms in total. The fourth-order valence-electron chi connectivity index (χ4n) is 3.28. The van der Waals surface area contributed by atoms with Crippen LogP contribution in [0.1, 0.15) is 28.9 Å². The van der Waals surface area contributed by atoms with E-state index < -0.39 is 11.7 Å². The number of likely N-dealkylation sites (N-methyl/N-ethyl adjacent to an activating group) is 1. The number of hydrogen-bond donors (Lipinski definition) is 1. The lowest BCUT2D eigenvalue weighted by atomic mass is 10.1. The highest BCUT2D eigenvalue weighted by molar-refractivity contribution is 5.79. The van der Waals surface area contributed by atoms with Gasteiger partial charge >= 0.3 is 6.18 Å². The number of aromatic nitrogens is 3. The Morgan fingerprint density at radius 2 is 2.11 bits per heavy atom. The average molecular weight is 381 g/mol. The van der Waals surface area contributed by atoms with Gasteiger partial charge in [-0.05, 0) is 38.9 Å². The van der Waals surface area contributed by atoms with Crippen LogP contribution in [0.5, 0.6) is 0 Å². The molecule has 0 spiro atoms. The van der Waals surface area contributed by atoms with Crippen LogP contribution in [-0.2, 0) is 17.4 Å². The Kier molecular flexibility index (Phi) is 5.23. The molecule has 3 rings (SSSR count). The van der Waals surface area contributed by atoms with Crippen molar-refractivity contribution in [3.05, 3.63) is 40.8 Å². The number of nitrogens with one attached hydrogen (secondary N) is 1. The topological polar surface area (TPSA) is 63.1 Å². The van der Waals surface area contributed by atoms with Gasteiger partial charge in [0, 0.05) is 37.1 Å². The Bertz CT molecular complexity index is 823. The summed E-state index contributed by atoms with van der Waals surface area (Å²) in [5.74, 6) is 0.283. The highest BCUT2D eigenvalue weighted by Gasteiger charge is 2.31. The number of nitrogens with zero attached hydrogens (tertiary/aromatic N) is 4.